The third kappa shape index (κ3) is 3.88. The maximum absolute atomic E-state index is 11.3. The molecular formula is C20H27N5O2. The average Bonchev–Trinajstić information content (AvgIpc) is 3.02. The van der Waals surface area contributed by atoms with Crippen molar-refractivity contribution < 1.29 is 9.90 Å². The van der Waals surface area contributed by atoms with Crippen LogP contribution in [0.1, 0.15) is 55.2 Å². The molecule has 7 nitrogen and oxygen atoms in total. The van der Waals surface area contributed by atoms with Gasteiger partial charge in [-0.2, -0.15) is 0 Å². The Labute approximate surface area is 158 Å². The van der Waals surface area contributed by atoms with Gasteiger partial charge in [-0.15, -0.1) is 0 Å². The normalized spacial score (nSPS) is 11.5. The molecule has 0 saturated carbocycles. The summed E-state index contributed by atoms with van der Waals surface area (Å²) in [6, 6.07) is 5.00. The molecule has 0 amide bonds. The van der Waals surface area contributed by atoms with Crippen LogP contribution in [0.4, 0.5) is 5.82 Å². The van der Waals surface area contributed by atoms with Gasteiger partial charge in [0.05, 0.1) is 16.6 Å². The number of carboxylic acids is 1. The molecule has 0 aliphatic carbocycles. The molecular weight excluding hydrogens is 342 g/mol. The Hall–Kier alpha value is -2.67. The van der Waals surface area contributed by atoms with E-state index in [0.29, 0.717) is 23.4 Å². The summed E-state index contributed by atoms with van der Waals surface area (Å²) >= 11 is 0. The zero-order valence-electron chi connectivity index (χ0n) is 15.7. The third-order valence-electron chi connectivity index (χ3n) is 4.87. The quantitative estimate of drug-likeness (QED) is 0.498. The van der Waals surface area contributed by atoms with Gasteiger partial charge < -0.3 is 21.1 Å². The van der Waals surface area contributed by atoms with Gasteiger partial charge in [-0.05, 0) is 44.0 Å². The fraction of sp³-hybridized carbons (Fsp3) is 0.450. The van der Waals surface area contributed by atoms with Crippen molar-refractivity contribution in [3.8, 4) is 0 Å². The van der Waals surface area contributed by atoms with E-state index in [0.717, 1.165) is 61.8 Å². The molecule has 144 valence electrons. The van der Waals surface area contributed by atoms with Gasteiger partial charge in [-0.25, -0.2) is 14.8 Å². The van der Waals surface area contributed by atoms with Gasteiger partial charge in [0.2, 0.25) is 0 Å². The van der Waals surface area contributed by atoms with E-state index in [4.69, 9.17) is 16.5 Å². The lowest BCUT2D eigenvalue weighted by molar-refractivity contribution is 0.0697. The molecule has 5 N–H and O–H groups in total. The second-order valence-electron chi connectivity index (χ2n) is 6.86. The van der Waals surface area contributed by atoms with E-state index in [1.807, 2.05) is 6.07 Å². The van der Waals surface area contributed by atoms with Gasteiger partial charge in [0, 0.05) is 18.4 Å². The van der Waals surface area contributed by atoms with Gasteiger partial charge in [0.15, 0.2) is 5.82 Å². The molecule has 0 atom stereocenters. The van der Waals surface area contributed by atoms with Crippen LogP contribution in [0, 0.1) is 0 Å². The first kappa shape index (κ1) is 19.1. The number of aryl methyl sites for hydroxylation is 2. The van der Waals surface area contributed by atoms with E-state index >= 15 is 0 Å². The highest BCUT2D eigenvalue weighted by atomic mass is 16.4. The summed E-state index contributed by atoms with van der Waals surface area (Å²) < 4.78 is 2.24. The van der Waals surface area contributed by atoms with E-state index in [1.54, 1.807) is 12.1 Å². The number of aromatic carboxylic acids is 1. The van der Waals surface area contributed by atoms with Crippen LogP contribution >= 0.6 is 0 Å². The van der Waals surface area contributed by atoms with E-state index in [9.17, 15) is 9.90 Å². The smallest absolute Gasteiger partial charge is 0.335 e. The summed E-state index contributed by atoms with van der Waals surface area (Å²) in [5.41, 5.74) is 14.2. The number of hydrogen-bond acceptors (Lipinski definition) is 5. The number of unbranched alkanes of at least 4 members (excludes halogenated alkanes) is 3. The highest BCUT2D eigenvalue weighted by Crippen LogP contribution is 2.30. The van der Waals surface area contributed by atoms with E-state index in [1.165, 1.54) is 0 Å². The number of rotatable bonds is 9. The largest absolute Gasteiger partial charge is 0.478 e. The zero-order valence-corrected chi connectivity index (χ0v) is 15.7. The summed E-state index contributed by atoms with van der Waals surface area (Å²) in [5, 5.41) is 10.1. The van der Waals surface area contributed by atoms with Crippen molar-refractivity contribution in [2.45, 2.75) is 52.0 Å². The number of imidazole rings is 1. The highest BCUT2D eigenvalue weighted by molar-refractivity contribution is 6.08. The number of benzene rings is 1. The molecule has 27 heavy (non-hydrogen) atoms. The fourth-order valence-electron chi connectivity index (χ4n) is 3.45. The minimum Gasteiger partial charge on any atom is -0.478 e. The van der Waals surface area contributed by atoms with Crippen molar-refractivity contribution >= 4 is 33.7 Å². The summed E-state index contributed by atoms with van der Waals surface area (Å²) in [6.45, 7) is 3.70. The first-order valence-corrected chi connectivity index (χ1v) is 9.58. The van der Waals surface area contributed by atoms with Gasteiger partial charge in [-0.3, -0.25) is 0 Å². The van der Waals surface area contributed by atoms with Crippen LogP contribution < -0.4 is 11.5 Å². The fourth-order valence-corrected chi connectivity index (χ4v) is 3.45. The Bertz CT molecular complexity index is 964. The average molecular weight is 369 g/mol. The van der Waals surface area contributed by atoms with Crippen molar-refractivity contribution in [2.24, 2.45) is 5.73 Å². The number of nitrogens with zero attached hydrogens (tertiary/aromatic N) is 3. The molecule has 0 spiro atoms. The zero-order chi connectivity index (χ0) is 19.4. The molecule has 3 aromatic rings. The molecule has 0 aliphatic heterocycles. The molecule has 0 radical (unpaired) electrons. The van der Waals surface area contributed by atoms with Crippen molar-refractivity contribution in [2.75, 3.05) is 12.3 Å². The second kappa shape index (κ2) is 8.35. The Kier molecular flexibility index (Phi) is 5.91. The van der Waals surface area contributed by atoms with Crippen molar-refractivity contribution in [3.05, 3.63) is 29.6 Å². The summed E-state index contributed by atoms with van der Waals surface area (Å²) in [6.07, 6.45) is 6.11. The van der Waals surface area contributed by atoms with Gasteiger partial charge in [0.1, 0.15) is 11.3 Å². The topological polar surface area (TPSA) is 120 Å². The van der Waals surface area contributed by atoms with Crippen molar-refractivity contribution in [3.63, 3.8) is 0 Å². The number of aromatic nitrogens is 3. The van der Waals surface area contributed by atoms with Crippen LogP contribution in [0.15, 0.2) is 18.2 Å². The van der Waals surface area contributed by atoms with Crippen LogP contribution in [0.2, 0.25) is 0 Å². The summed E-state index contributed by atoms with van der Waals surface area (Å²) in [5.74, 6) is 0.387. The van der Waals surface area contributed by atoms with Crippen molar-refractivity contribution in [1.82, 2.24) is 14.5 Å². The van der Waals surface area contributed by atoms with E-state index in [2.05, 4.69) is 16.5 Å². The van der Waals surface area contributed by atoms with Crippen LogP contribution in [-0.4, -0.2) is 32.2 Å². The number of anilines is 1. The number of nitrogen functional groups attached to an aromatic ring is 1. The van der Waals surface area contributed by atoms with Crippen LogP contribution in [0.5, 0.6) is 0 Å². The molecule has 1 aromatic carbocycles. The number of fused-ring (bicyclic) bond motifs is 3. The first-order valence-electron chi connectivity index (χ1n) is 9.58. The number of pyridine rings is 1. The lowest BCUT2D eigenvalue weighted by Crippen LogP contribution is -2.06. The number of carbonyl (C=O) groups is 1. The molecule has 0 fully saturated rings. The predicted molar refractivity (Wildman–Crippen MR) is 108 cm³/mol. The minimum absolute atomic E-state index is 0.203. The third-order valence-corrected chi connectivity index (χ3v) is 4.87. The van der Waals surface area contributed by atoms with Gasteiger partial charge in [-0.1, -0.05) is 19.8 Å². The number of hydrogen-bond donors (Lipinski definition) is 3. The minimum atomic E-state index is -0.976. The summed E-state index contributed by atoms with van der Waals surface area (Å²) in [7, 11) is 0. The molecule has 0 aliphatic rings. The molecule has 2 heterocycles. The molecule has 0 unspecified atom stereocenters. The van der Waals surface area contributed by atoms with Crippen molar-refractivity contribution in [1.29, 1.82) is 0 Å². The predicted octanol–water partition coefficient (Wildman–Crippen LogP) is 3.34. The molecule has 0 saturated heterocycles. The van der Waals surface area contributed by atoms with Crippen LogP contribution in [0.25, 0.3) is 21.9 Å². The molecule has 7 heteroatoms. The second-order valence-corrected chi connectivity index (χ2v) is 6.86. The summed E-state index contributed by atoms with van der Waals surface area (Å²) in [4.78, 5) is 20.5. The molecule has 2 aromatic heterocycles. The van der Waals surface area contributed by atoms with Crippen LogP contribution in [-0.2, 0) is 13.0 Å². The van der Waals surface area contributed by atoms with Gasteiger partial charge in [0.25, 0.3) is 0 Å². The SMILES string of the molecule is CCCCc1nc2c(N)nc3cc(C(=O)O)ccc3c2n1CCCCCN. The molecule has 0 bridgehead atoms. The standard InChI is InChI=1S/C20H27N5O2/c1-2-3-7-16-24-17-18(25(16)11-6-4-5-10-21)14-9-8-13(20(26)27)12-15(14)23-19(17)22/h8-9,12H,2-7,10-11,21H2,1H3,(H2,22,23)(H,26,27). The maximum Gasteiger partial charge on any atom is 0.335 e. The van der Waals surface area contributed by atoms with E-state index in [-0.39, 0.29) is 5.56 Å². The van der Waals surface area contributed by atoms with Gasteiger partial charge >= 0.3 is 5.97 Å². The number of carboxylic acid groups (broad SMARTS) is 1. The van der Waals surface area contributed by atoms with E-state index < -0.39 is 5.97 Å². The highest BCUT2D eigenvalue weighted by Gasteiger charge is 2.18. The lowest BCUT2D eigenvalue weighted by atomic mass is 10.1. The van der Waals surface area contributed by atoms with Crippen LogP contribution in [0.3, 0.4) is 0 Å². The Morgan fingerprint density at radius 2 is 2.00 bits per heavy atom. The Balaban J connectivity index is 2.16. The Morgan fingerprint density at radius 1 is 1.19 bits per heavy atom. The molecule has 3 rings (SSSR count). The maximum atomic E-state index is 11.3. The Morgan fingerprint density at radius 3 is 2.70 bits per heavy atom. The lowest BCUT2D eigenvalue weighted by Gasteiger charge is -2.11. The monoisotopic (exact) mass is 369 g/mol. The first-order chi connectivity index (χ1) is 13.1. The number of nitrogens with two attached hydrogens (primary N) is 2.